The molecule has 1 aromatic carbocycles. The van der Waals surface area contributed by atoms with Crippen LogP contribution < -0.4 is 5.73 Å². The summed E-state index contributed by atoms with van der Waals surface area (Å²) in [4.78, 5) is 8.92. The van der Waals surface area contributed by atoms with Crippen molar-refractivity contribution < 1.29 is 0 Å². The Morgan fingerprint density at radius 2 is 2.00 bits per heavy atom. The number of benzene rings is 1. The van der Waals surface area contributed by atoms with E-state index in [0.29, 0.717) is 5.82 Å². The molecule has 2 aromatic rings. The molecule has 20 heavy (non-hydrogen) atoms. The van der Waals surface area contributed by atoms with Crippen LogP contribution in [-0.2, 0) is 12.2 Å². The smallest absolute Gasteiger partial charge is 0.132 e. The first-order valence-electron chi connectivity index (χ1n) is 6.61. The van der Waals surface area contributed by atoms with Crippen LogP contribution in [0.1, 0.15) is 30.3 Å². The van der Waals surface area contributed by atoms with Gasteiger partial charge in [0, 0.05) is 22.8 Å². The average Bonchev–Trinajstić information content (AvgIpc) is 2.43. The van der Waals surface area contributed by atoms with E-state index >= 15 is 0 Å². The van der Waals surface area contributed by atoms with E-state index in [-0.39, 0.29) is 0 Å². The molecule has 1 heterocycles. The minimum atomic E-state index is 0.574. The third-order valence-electron chi connectivity index (χ3n) is 2.98. The fourth-order valence-electron chi connectivity index (χ4n) is 1.80. The maximum absolute atomic E-state index is 6.17. The fraction of sp³-hybridized carbons (Fsp3) is 0.333. The molecule has 3 nitrogen and oxygen atoms in total. The number of nitrogen functional groups attached to an aromatic ring is 1. The van der Waals surface area contributed by atoms with Crippen LogP contribution in [0.5, 0.6) is 0 Å². The first-order valence-corrected chi connectivity index (χ1v) is 7.97. The average molecular weight is 308 g/mol. The molecule has 0 bridgehead atoms. The second-order valence-corrected chi connectivity index (χ2v) is 5.96. The zero-order valence-corrected chi connectivity index (χ0v) is 13.3. The predicted octanol–water partition coefficient (Wildman–Crippen LogP) is 4.27. The van der Waals surface area contributed by atoms with Crippen molar-refractivity contribution in [2.75, 3.05) is 5.73 Å². The largest absolute Gasteiger partial charge is 0.383 e. The van der Waals surface area contributed by atoms with Crippen LogP contribution >= 0.6 is 23.4 Å². The lowest BCUT2D eigenvalue weighted by Crippen LogP contribution is -2.04. The van der Waals surface area contributed by atoms with Gasteiger partial charge in [0.1, 0.15) is 16.7 Å². The molecule has 0 aliphatic rings. The van der Waals surface area contributed by atoms with E-state index < -0.39 is 0 Å². The Hall–Kier alpha value is -1.26. The SMILES string of the molecule is CCCc1nc(N)c(C)c(SCc2ccccc2Cl)n1. The highest BCUT2D eigenvalue weighted by atomic mass is 35.5. The molecule has 0 aliphatic heterocycles. The lowest BCUT2D eigenvalue weighted by atomic mass is 10.2. The van der Waals surface area contributed by atoms with Gasteiger partial charge in [-0.2, -0.15) is 0 Å². The van der Waals surface area contributed by atoms with E-state index in [1.54, 1.807) is 11.8 Å². The molecule has 2 N–H and O–H groups in total. The minimum Gasteiger partial charge on any atom is -0.383 e. The van der Waals surface area contributed by atoms with Crippen molar-refractivity contribution in [1.82, 2.24) is 9.97 Å². The Labute approximate surface area is 129 Å². The number of nitrogens with two attached hydrogens (primary N) is 1. The van der Waals surface area contributed by atoms with Crippen LogP contribution in [0.2, 0.25) is 5.02 Å². The molecule has 0 saturated carbocycles. The maximum Gasteiger partial charge on any atom is 0.132 e. The maximum atomic E-state index is 6.17. The van der Waals surface area contributed by atoms with E-state index in [1.165, 1.54) is 0 Å². The van der Waals surface area contributed by atoms with E-state index in [1.807, 2.05) is 31.2 Å². The molecule has 0 fully saturated rings. The summed E-state index contributed by atoms with van der Waals surface area (Å²) < 4.78 is 0. The van der Waals surface area contributed by atoms with Gasteiger partial charge < -0.3 is 5.73 Å². The van der Waals surface area contributed by atoms with Crippen molar-refractivity contribution in [3.63, 3.8) is 0 Å². The summed E-state index contributed by atoms with van der Waals surface area (Å²) in [7, 11) is 0. The molecular formula is C15H18ClN3S. The van der Waals surface area contributed by atoms with Crippen molar-refractivity contribution in [2.45, 2.75) is 37.5 Å². The molecule has 0 saturated heterocycles. The molecule has 1 aromatic heterocycles. The van der Waals surface area contributed by atoms with Crippen molar-refractivity contribution in [2.24, 2.45) is 0 Å². The first kappa shape index (κ1) is 15.1. The number of nitrogens with zero attached hydrogens (tertiary/aromatic N) is 2. The summed E-state index contributed by atoms with van der Waals surface area (Å²) in [5.41, 5.74) is 8.01. The molecule has 0 unspecified atom stereocenters. The molecule has 0 spiro atoms. The Morgan fingerprint density at radius 1 is 1.25 bits per heavy atom. The molecule has 2 rings (SSSR count). The third kappa shape index (κ3) is 3.64. The van der Waals surface area contributed by atoms with Crippen LogP contribution in [0.25, 0.3) is 0 Å². The minimum absolute atomic E-state index is 0.574. The van der Waals surface area contributed by atoms with Crippen molar-refractivity contribution in [3.8, 4) is 0 Å². The van der Waals surface area contributed by atoms with E-state index in [2.05, 4.69) is 16.9 Å². The normalized spacial score (nSPS) is 10.8. The van der Waals surface area contributed by atoms with Crippen LogP contribution in [0.15, 0.2) is 29.3 Å². The number of hydrogen-bond donors (Lipinski definition) is 1. The zero-order valence-electron chi connectivity index (χ0n) is 11.7. The third-order valence-corrected chi connectivity index (χ3v) is 4.48. The number of aryl methyl sites for hydroxylation is 1. The van der Waals surface area contributed by atoms with Gasteiger partial charge in [-0.25, -0.2) is 9.97 Å². The van der Waals surface area contributed by atoms with Gasteiger partial charge in [0.2, 0.25) is 0 Å². The monoisotopic (exact) mass is 307 g/mol. The molecule has 0 atom stereocenters. The second kappa shape index (κ2) is 6.95. The van der Waals surface area contributed by atoms with Gasteiger partial charge in [0.25, 0.3) is 0 Å². The van der Waals surface area contributed by atoms with Crippen LogP contribution in [0.3, 0.4) is 0 Å². The van der Waals surface area contributed by atoms with E-state index in [9.17, 15) is 0 Å². The lowest BCUT2D eigenvalue weighted by molar-refractivity contribution is 0.805. The molecule has 0 aliphatic carbocycles. The highest BCUT2D eigenvalue weighted by Crippen LogP contribution is 2.29. The van der Waals surface area contributed by atoms with E-state index in [0.717, 1.165) is 45.6 Å². The number of halogens is 1. The second-order valence-electron chi connectivity index (χ2n) is 4.59. The van der Waals surface area contributed by atoms with Gasteiger partial charge in [-0.1, -0.05) is 36.7 Å². The number of rotatable bonds is 5. The van der Waals surface area contributed by atoms with Gasteiger partial charge in [-0.3, -0.25) is 0 Å². The Bertz CT molecular complexity index is 602. The molecule has 5 heteroatoms. The molecular weight excluding hydrogens is 290 g/mol. The van der Waals surface area contributed by atoms with Gasteiger partial charge in [0.15, 0.2) is 0 Å². The fourth-order valence-corrected chi connectivity index (χ4v) is 3.11. The van der Waals surface area contributed by atoms with Crippen LogP contribution in [0, 0.1) is 6.92 Å². The Balaban J connectivity index is 2.18. The molecule has 0 amide bonds. The highest BCUT2D eigenvalue weighted by molar-refractivity contribution is 7.98. The standard InChI is InChI=1S/C15H18ClN3S/c1-3-6-13-18-14(17)10(2)15(19-13)20-9-11-7-4-5-8-12(11)16/h4-5,7-8H,3,6,9H2,1-2H3,(H2,17,18,19). The first-order chi connectivity index (χ1) is 9.61. The van der Waals surface area contributed by atoms with Crippen LogP contribution in [-0.4, -0.2) is 9.97 Å². The Kier molecular flexibility index (Phi) is 5.26. The summed E-state index contributed by atoms with van der Waals surface area (Å²) in [6, 6.07) is 7.86. The summed E-state index contributed by atoms with van der Waals surface area (Å²) >= 11 is 7.82. The summed E-state index contributed by atoms with van der Waals surface area (Å²) in [6.45, 7) is 4.07. The summed E-state index contributed by atoms with van der Waals surface area (Å²) in [6.07, 6.45) is 1.86. The van der Waals surface area contributed by atoms with Gasteiger partial charge in [-0.05, 0) is 25.0 Å². The summed E-state index contributed by atoms with van der Waals surface area (Å²) in [5.74, 6) is 2.17. The molecule has 0 radical (unpaired) electrons. The lowest BCUT2D eigenvalue weighted by Gasteiger charge is -2.10. The van der Waals surface area contributed by atoms with E-state index in [4.69, 9.17) is 17.3 Å². The molecule has 106 valence electrons. The number of anilines is 1. The van der Waals surface area contributed by atoms with Crippen molar-refractivity contribution >= 4 is 29.2 Å². The number of aromatic nitrogens is 2. The van der Waals surface area contributed by atoms with Gasteiger partial charge >= 0.3 is 0 Å². The number of hydrogen-bond acceptors (Lipinski definition) is 4. The van der Waals surface area contributed by atoms with Gasteiger partial charge in [0.05, 0.1) is 0 Å². The quantitative estimate of drug-likeness (QED) is 0.662. The highest BCUT2D eigenvalue weighted by Gasteiger charge is 2.10. The van der Waals surface area contributed by atoms with Gasteiger partial charge in [-0.15, -0.1) is 11.8 Å². The predicted molar refractivity (Wildman–Crippen MR) is 86.2 cm³/mol. The topological polar surface area (TPSA) is 51.8 Å². The van der Waals surface area contributed by atoms with Crippen molar-refractivity contribution in [1.29, 1.82) is 0 Å². The number of thioether (sulfide) groups is 1. The summed E-state index contributed by atoms with van der Waals surface area (Å²) in [5, 5.41) is 1.73. The Morgan fingerprint density at radius 3 is 2.70 bits per heavy atom. The zero-order chi connectivity index (χ0) is 14.5. The van der Waals surface area contributed by atoms with Crippen LogP contribution in [0.4, 0.5) is 5.82 Å². The van der Waals surface area contributed by atoms with Crippen molar-refractivity contribution in [3.05, 3.63) is 46.2 Å².